The summed E-state index contributed by atoms with van der Waals surface area (Å²) in [5.41, 5.74) is 6.51. The molecule has 0 aliphatic carbocycles. The normalized spacial score (nSPS) is 11.2. The van der Waals surface area contributed by atoms with Crippen molar-refractivity contribution < 1.29 is 23.8 Å². The van der Waals surface area contributed by atoms with Crippen molar-refractivity contribution in [2.45, 2.75) is 26.2 Å². The van der Waals surface area contributed by atoms with Crippen molar-refractivity contribution >= 4 is 33.8 Å². The molecule has 8 heteroatoms. The third-order valence-electron chi connectivity index (χ3n) is 4.32. The molecule has 0 aliphatic rings. The fourth-order valence-corrected chi connectivity index (χ4v) is 3.06. The minimum atomic E-state index is -0.487. The topological polar surface area (TPSA) is 85.9 Å². The smallest absolute Gasteiger partial charge is 0.276 e. The first-order chi connectivity index (χ1) is 14.6. The van der Waals surface area contributed by atoms with Crippen LogP contribution in [0.4, 0.5) is 0 Å². The Hall–Kier alpha value is -3.00. The van der Waals surface area contributed by atoms with E-state index in [1.54, 1.807) is 31.4 Å². The summed E-state index contributed by atoms with van der Waals surface area (Å²) >= 11 is 3.46. The minimum absolute atomic E-state index is 0.00712. The maximum absolute atomic E-state index is 12.0. The Kier molecular flexibility index (Phi) is 8.50. The van der Waals surface area contributed by atoms with Crippen molar-refractivity contribution in [1.29, 1.82) is 0 Å². The third-order valence-corrected chi connectivity index (χ3v) is 4.94. The number of ether oxygens (including phenoxy) is 3. The highest BCUT2D eigenvalue weighted by Gasteiger charge is 2.15. The van der Waals surface area contributed by atoms with Crippen molar-refractivity contribution in [3.05, 3.63) is 58.1 Å². The molecule has 0 saturated heterocycles. The van der Waals surface area contributed by atoms with E-state index in [-0.39, 0.29) is 12.0 Å². The molecule has 31 heavy (non-hydrogen) atoms. The molecule has 2 aromatic carbocycles. The molecule has 0 saturated carbocycles. The van der Waals surface area contributed by atoms with Crippen LogP contribution >= 0.6 is 15.9 Å². The summed E-state index contributed by atoms with van der Waals surface area (Å²) in [7, 11) is 3.08. The highest BCUT2D eigenvalue weighted by Crippen LogP contribution is 2.31. The Labute approximate surface area is 190 Å². The van der Waals surface area contributed by atoms with Gasteiger partial charge in [0.1, 0.15) is 5.75 Å². The van der Waals surface area contributed by atoms with Crippen LogP contribution in [0.1, 0.15) is 31.9 Å². The van der Waals surface area contributed by atoms with Crippen molar-refractivity contribution in [3.63, 3.8) is 0 Å². The number of hydrogen-bond donors (Lipinski definition) is 2. The molecule has 2 N–H and O–H groups in total. The van der Waals surface area contributed by atoms with Crippen LogP contribution in [0, 0.1) is 0 Å². The number of halogens is 1. The summed E-state index contributed by atoms with van der Waals surface area (Å²) < 4.78 is 16.7. The predicted octanol–water partition coefficient (Wildman–Crippen LogP) is 4.00. The molecule has 0 radical (unpaired) electrons. The standard InChI is InChI=1S/C23H27BrN2O5/c1-23(2,3)16-8-10-18(17(24)13-16)31-14-22(28)26-25-21(27)11-7-15-6-9-19(29-4)20(12-15)30-5/h6-13H,14H2,1-5H3,(H,25,27)(H,26,28)/b11-7-. The molecule has 0 aromatic heterocycles. The van der Waals surface area contributed by atoms with E-state index in [2.05, 4.69) is 47.6 Å². The monoisotopic (exact) mass is 490 g/mol. The van der Waals surface area contributed by atoms with Crippen LogP contribution in [0.3, 0.4) is 0 Å². The average Bonchev–Trinajstić information content (AvgIpc) is 2.74. The van der Waals surface area contributed by atoms with Crippen LogP contribution < -0.4 is 25.1 Å². The van der Waals surface area contributed by atoms with E-state index < -0.39 is 11.8 Å². The van der Waals surface area contributed by atoms with Gasteiger partial charge >= 0.3 is 0 Å². The van der Waals surface area contributed by atoms with Gasteiger partial charge in [0.2, 0.25) is 0 Å². The predicted molar refractivity (Wildman–Crippen MR) is 123 cm³/mol. The van der Waals surface area contributed by atoms with Gasteiger partial charge in [0.05, 0.1) is 18.7 Å². The van der Waals surface area contributed by atoms with E-state index in [0.29, 0.717) is 17.2 Å². The SMILES string of the molecule is COc1ccc(/C=C\C(=O)NNC(=O)COc2ccc(C(C)(C)C)cc2Br)cc1OC. The zero-order chi connectivity index (χ0) is 23.0. The van der Waals surface area contributed by atoms with Gasteiger partial charge < -0.3 is 14.2 Å². The van der Waals surface area contributed by atoms with Gasteiger partial charge in [-0.1, -0.05) is 32.9 Å². The van der Waals surface area contributed by atoms with Gasteiger partial charge in [-0.2, -0.15) is 0 Å². The lowest BCUT2D eigenvalue weighted by molar-refractivity contribution is -0.128. The molecule has 2 aromatic rings. The number of rotatable bonds is 7. The largest absolute Gasteiger partial charge is 0.493 e. The van der Waals surface area contributed by atoms with Crippen molar-refractivity contribution in [3.8, 4) is 17.2 Å². The molecule has 2 amide bonds. The highest BCUT2D eigenvalue weighted by molar-refractivity contribution is 9.10. The molecule has 0 heterocycles. The van der Waals surface area contributed by atoms with E-state index in [1.165, 1.54) is 13.2 Å². The zero-order valence-electron chi connectivity index (χ0n) is 18.2. The number of hydrogen-bond acceptors (Lipinski definition) is 5. The maximum Gasteiger partial charge on any atom is 0.276 e. The Balaban J connectivity index is 1.83. The summed E-state index contributed by atoms with van der Waals surface area (Å²) in [5, 5.41) is 0. The molecule has 2 rings (SSSR count). The number of nitrogens with one attached hydrogen (secondary N) is 2. The first-order valence-corrected chi connectivity index (χ1v) is 10.3. The van der Waals surface area contributed by atoms with Crippen LogP contribution in [0.5, 0.6) is 17.2 Å². The lowest BCUT2D eigenvalue weighted by Gasteiger charge is -2.20. The first kappa shape index (κ1) is 24.3. The van der Waals surface area contributed by atoms with E-state index in [4.69, 9.17) is 14.2 Å². The Bertz CT molecular complexity index is 967. The molecule has 0 spiro atoms. The number of amides is 2. The summed E-state index contributed by atoms with van der Waals surface area (Å²) in [5.74, 6) is 0.717. The fourth-order valence-electron chi connectivity index (χ4n) is 2.57. The van der Waals surface area contributed by atoms with Gasteiger partial charge in [-0.3, -0.25) is 20.4 Å². The number of benzene rings is 2. The number of methoxy groups -OCH3 is 2. The lowest BCUT2D eigenvalue weighted by atomic mass is 9.87. The molecule has 0 aliphatic heterocycles. The number of carbonyl (C=O) groups excluding carboxylic acids is 2. The van der Waals surface area contributed by atoms with Gasteiger partial charge in [0, 0.05) is 6.08 Å². The fraction of sp³-hybridized carbons (Fsp3) is 0.304. The van der Waals surface area contributed by atoms with Gasteiger partial charge in [-0.05, 0) is 62.8 Å². The van der Waals surface area contributed by atoms with Gasteiger partial charge in [0.15, 0.2) is 18.1 Å². The maximum atomic E-state index is 12.0. The zero-order valence-corrected chi connectivity index (χ0v) is 19.8. The second kappa shape index (κ2) is 10.9. The van der Waals surface area contributed by atoms with Crippen molar-refractivity contribution in [2.24, 2.45) is 0 Å². The summed E-state index contributed by atoms with van der Waals surface area (Å²) in [6.45, 7) is 6.11. The quantitative estimate of drug-likeness (QED) is 0.452. The van der Waals surface area contributed by atoms with Crippen LogP contribution in [0.25, 0.3) is 6.08 Å². The van der Waals surface area contributed by atoms with Crippen LogP contribution in [0.2, 0.25) is 0 Å². The lowest BCUT2D eigenvalue weighted by Crippen LogP contribution is -2.43. The third kappa shape index (κ3) is 7.32. The molecule has 0 fully saturated rings. The number of carbonyl (C=O) groups is 2. The molecular weight excluding hydrogens is 464 g/mol. The van der Waals surface area contributed by atoms with Gasteiger partial charge in [-0.15, -0.1) is 0 Å². The molecule has 166 valence electrons. The molecule has 0 atom stereocenters. The van der Waals surface area contributed by atoms with Gasteiger partial charge in [0.25, 0.3) is 11.8 Å². The van der Waals surface area contributed by atoms with Crippen LogP contribution in [-0.4, -0.2) is 32.6 Å². The van der Waals surface area contributed by atoms with Crippen LogP contribution in [0.15, 0.2) is 46.9 Å². The first-order valence-electron chi connectivity index (χ1n) is 9.56. The van der Waals surface area contributed by atoms with E-state index in [0.717, 1.165) is 15.6 Å². The minimum Gasteiger partial charge on any atom is -0.493 e. The molecule has 7 nitrogen and oxygen atoms in total. The van der Waals surface area contributed by atoms with Crippen LogP contribution in [-0.2, 0) is 15.0 Å². The van der Waals surface area contributed by atoms with E-state index in [1.807, 2.05) is 18.2 Å². The summed E-state index contributed by atoms with van der Waals surface area (Å²) in [6, 6.07) is 11.0. The second-order valence-corrected chi connectivity index (χ2v) is 8.52. The Morgan fingerprint density at radius 2 is 1.65 bits per heavy atom. The molecule has 0 bridgehead atoms. The molecular formula is C23H27BrN2O5. The summed E-state index contributed by atoms with van der Waals surface area (Å²) in [6.07, 6.45) is 2.89. The van der Waals surface area contributed by atoms with E-state index in [9.17, 15) is 9.59 Å². The highest BCUT2D eigenvalue weighted by atomic mass is 79.9. The second-order valence-electron chi connectivity index (χ2n) is 7.67. The summed E-state index contributed by atoms with van der Waals surface area (Å²) in [4.78, 5) is 23.9. The number of hydrazine groups is 1. The van der Waals surface area contributed by atoms with Crippen molar-refractivity contribution in [1.82, 2.24) is 10.9 Å². The Morgan fingerprint density at radius 3 is 2.26 bits per heavy atom. The van der Waals surface area contributed by atoms with Gasteiger partial charge in [-0.25, -0.2) is 0 Å². The van der Waals surface area contributed by atoms with E-state index >= 15 is 0 Å². The average molecular weight is 491 g/mol. The molecule has 0 unspecified atom stereocenters. The Morgan fingerprint density at radius 1 is 0.968 bits per heavy atom. The van der Waals surface area contributed by atoms with Crippen molar-refractivity contribution in [2.75, 3.05) is 20.8 Å².